The molecule has 0 heterocycles. The Morgan fingerprint density at radius 1 is 1.38 bits per heavy atom. The van der Waals surface area contributed by atoms with Gasteiger partial charge in [0.25, 0.3) is 0 Å². The number of ether oxygens (including phenoxy) is 1. The van der Waals surface area contributed by atoms with Gasteiger partial charge in [-0.05, 0) is 25.8 Å². The van der Waals surface area contributed by atoms with Crippen molar-refractivity contribution in [3.63, 3.8) is 0 Å². The van der Waals surface area contributed by atoms with Gasteiger partial charge in [0.15, 0.2) is 0 Å². The van der Waals surface area contributed by atoms with E-state index in [2.05, 4.69) is 5.32 Å². The monoisotopic (exact) mass is 186 g/mol. The molecule has 1 rings (SSSR count). The van der Waals surface area contributed by atoms with Crippen molar-refractivity contribution in [1.29, 1.82) is 0 Å². The van der Waals surface area contributed by atoms with Crippen molar-refractivity contribution in [2.24, 2.45) is 5.73 Å². The first-order valence-electron chi connectivity index (χ1n) is 5.32. The number of rotatable bonds is 5. The maximum atomic E-state index is 6.00. The Hall–Kier alpha value is -0.120. The molecule has 0 aromatic heterocycles. The molecular formula is C10H22N2O. The second-order valence-electron chi connectivity index (χ2n) is 3.86. The zero-order chi connectivity index (χ0) is 9.52. The van der Waals surface area contributed by atoms with Gasteiger partial charge in [0.05, 0.1) is 0 Å². The molecule has 1 aliphatic rings. The number of nitrogens with one attached hydrogen (secondary N) is 1. The summed E-state index contributed by atoms with van der Waals surface area (Å²) in [5.41, 5.74) is 6.00. The predicted octanol–water partition coefficient (Wildman–Crippen LogP) is 0.882. The van der Waals surface area contributed by atoms with Crippen molar-refractivity contribution in [1.82, 2.24) is 5.32 Å². The Labute approximate surface area is 81.0 Å². The molecule has 0 spiro atoms. The molecule has 0 amide bonds. The normalized spacial score (nSPS) is 29.1. The van der Waals surface area contributed by atoms with Crippen molar-refractivity contribution in [2.45, 2.75) is 44.2 Å². The van der Waals surface area contributed by atoms with Gasteiger partial charge < -0.3 is 15.8 Å². The lowest BCUT2D eigenvalue weighted by atomic mass is 9.91. The van der Waals surface area contributed by atoms with E-state index in [1.807, 2.05) is 0 Å². The van der Waals surface area contributed by atoms with E-state index in [-0.39, 0.29) is 0 Å². The molecule has 0 aromatic rings. The molecule has 13 heavy (non-hydrogen) atoms. The fraction of sp³-hybridized carbons (Fsp3) is 1.00. The van der Waals surface area contributed by atoms with Gasteiger partial charge in [0, 0.05) is 25.8 Å². The van der Waals surface area contributed by atoms with Crippen LogP contribution < -0.4 is 11.1 Å². The smallest absolute Gasteiger partial charge is 0.0474 e. The molecule has 3 N–H and O–H groups in total. The summed E-state index contributed by atoms with van der Waals surface area (Å²) in [7, 11) is 1.74. The zero-order valence-electron chi connectivity index (χ0n) is 8.59. The maximum absolute atomic E-state index is 6.00. The molecule has 0 radical (unpaired) electrons. The van der Waals surface area contributed by atoms with Crippen LogP contribution in [0.25, 0.3) is 0 Å². The molecular weight excluding hydrogens is 164 g/mol. The molecule has 2 atom stereocenters. The Morgan fingerprint density at radius 3 is 2.85 bits per heavy atom. The van der Waals surface area contributed by atoms with E-state index >= 15 is 0 Å². The fourth-order valence-electron chi connectivity index (χ4n) is 1.92. The second-order valence-corrected chi connectivity index (χ2v) is 3.86. The van der Waals surface area contributed by atoms with Gasteiger partial charge in [0.1, 0.15) is 0 Å². The predicted molar refractivity (Wildman–Crippen MR) is 54.7 cm³/mol. The van der Waals surface area contributed by atoms with E-state index in [4.69, 9.17) is 10.5 Å². The lowest BCUT2D eigenvalue weighted by molar-refractivity contribution is 0.191. The lowest BCUT2D eigenvalue weighted by Crippen LogP contribution is -2.47. The van der Waals surface area contributed by atoms with E-state index in [0.717, 1.165) is 19.6 Å². The largest absolute Gasteiger partial charge is 0.385 e. The maximum Gasteiger partial charge on any atom is 0.0474 e. The Bertz CT molecular complexity index is 130. The van der Waals surface area contributed by atoms with Crippen LogP contribution in [0.2, 0.25) is 0 Å². The first kappa shape index (κ1) is 11.0. The third-order valence-corrected chi connectivity index (χ3v) is 2.75. The van der Waals surface area contributed by atoms with E-state index in [0.29, 0.717) is 12.1 Å². The first-order valence-corrected chi connectivity index (χ1v) is 5.32. The van der Waals surface area contributed by atoms with Crippen molar-refractivity contribution in [3.8, 4) is 0 Å². The van der Waals surface area contributed by atoms with Gasteiger partial charge in [-0.15, -0.1) is 0 Å². The topological polar surface area (TPSA) is 47.3 Å². The highest BCUT2D eigenvalue weighted by Crippen LogP contribution is 2.16. The van der Waals surface area contributed by atoms with Gasteiger partial charge in [-0.3, -0.25) is 0 Å². The van der Waals surface area contributed by atoms with Gasteiger partial charge in [0.2, 0.25) is 0 Å². The van der Waals surface area contributed by atoms with Gasteiger partial charge in [-0.1, -0.05) is 12.8 Å². The van der Waals surface area contributed by atoms with Gasteiger partial charge in [-0.2, -0.15) is 0 Å². The summed E-state index contributed by atoms with van der Waals surface area (Å²) in [5.74, 6) is 0. The third kappa shape index (κ3) is 4.07. The minimum absolute atomic E-state index is 0.372. The molecule has 2 unspecified atom stereocenters. The second kappa shape index (κ2) is 6.35. The van der Waals surface area contributed by atoms with E-state index in [9.17, 15) is 0 Å². The van der Waals surface area contributed by atoms with E-state index in [1.165, 1.54) is 25.7 Å². The molecule has 78 valence electrons. The van der Waals surface area contributed by atoms with Crippen molar-refractivity contribution < 1.29 is 4.74 Å². The Morgan fingerprint density at radius 2 is 2.15 bits per heavy atom. The fourth-order valence-corrected chi connectivity index (χ4v) is 1.92. The minimum atomic E-state index is 0.372. The Kier molecular flexibility index (Phi) is 5.35. The molecule has 3 nitrogen and oxygen atoms in total. The van der Waals surface area contributed by atoms with Crippen LogP contribution in [0.3, 0.4) is 0 Å². The lowest BCUT2D eigenvalue weighted by Gasteiger charge is -2.29. The number of nitrogens with two attached hydrogens (primary N) is 1. The van der Waals surface area contributed by atoms with Crippen LogP contribution in [0, 0.1) is 0 Å². The Balaban J connectivity index is 2.05. The van der Waals surface area contributed by atoms with Crippen molar-refractivity contribution in [2.75, 3.05) is 20.3 Å². The van der Waals surface area contributed by atoms with E-state index < -0.39 is 0 Å². The minimum Gasteiger partial charge on any atom is -0.385 e. The van der Waals surface area contributed by atoms with Crippen LogP contribution in [-0.2, 0) is 4.74 Å². The standard InChI is InChI=1S/C10H22N2O/c1-13-8-4-7-12-10-6-3-2-5-9(10)11/h9-10,12H,2-8,11H2,1H3. The van der Waals surface area contributed by atoms with Crippen molar-refractivity contribution >= 4 is 0 Å². The van der Waals surface area contributed by atoms with Crippen LogP contribution in [-0.4, -0.2) is 32.3 Å². The summed E-state index contributed by atoms with van der Waals surface area (Å²) in [5, 5.41) is 3.50. The summed E-state index contributed by atoms with van der Waals surface area (Å²) < 4.78 is 4.99. The van der Waals surface area contributed by atoms with Gasteiger partial charge in [-0.25, -0.2) is 0 Å². The third-order valence-electron chi connectivity index (χ3n) is 2.75. The SMILES string of the molecule is COCCCNC1CCCCC1N. The highest BCUT2D eigenvalue weighted by Gasteiger charge is 2.20. The average Bonchev–Trinajstić information content (AvgIpc) is 2.15. The molecule has 0 bridgehead atoms. The van der Waals surface area contributed by atoms with Crippen LogP contribution >= 0.6 is 0 Å². The summed E-state index contributed by atoms with van der Waals surface area (Å²) in [6, 6.07) is 0.918. The number of hydrogen-bond acceptors (Lipinski definition) is 3. The first-order chi connectivity index (χ1) is 6.34. The molecule has 1 saturated carbocycles. The highest BCUT2D eigenvalue weighted by molar-refractivity contribution is 4.83. The molecule has 0 aliphatic heterocycles. The quantitative estimate of drug-likeness (QED) is 0.627. The molecule has 1 aliphatic carbocycles. The molecule has 0 aromatic carbocycles. The van der Waals surface area contributed by atoms with Crippen LogP contribution in [0.15, 0.2) is 0 Å². The molecule has 1 fully saturated rings. The number of methoxy groups -OCH3 is 1. The zero-order valence-corrected chi connectivity index (χ0v) is 8.59. The van der Waals surface area contributed by atoms with E-state index in [1.54, 1.807) is 7.11 Å². The highest BCUT2D eigenvalue weighted by atomic mass is 16.5. The van der Waals surface area contributed by atoms with Gasteiger partial charge >= 0.3 is 0 Å². The summed E-state index contributed by atoms with van der Waals surface area (Å²) in [6.07, 6.45) is 6.14. The average molecular weight is 186 g/mol. The summed E-state index contributed by atoms with van der Waals surface area (Å²) in [4.78, 5) is 0. The summed E-state index contributed by atoms with van der Waals surface area (Å²) >= 11 is 0. The summed E-state index contributed by atoms with van der Waals surface area (Å²) in [6.45, 7) is 1.88. The molecule has 3 heteroatoms. The number of hydrogen-bond donors (Lipinski definition) is 2. The van der Waals surface area contributed by atoms with Crippen LogP contribution in [0.5, 0.6) is 0 Å². The van der Waals surface area contributed by atoms with Crippen molar-refractivity contribution in [3.05, 3.63) is 0 Å². The van der Waals surface area contributed by atoms with Crippen LogP contribution in [0.1, 0.15) is 32.1 Å². The van der Waals surface area contributed by atoms with Crippen LogP contribution in [0.4, 0.5) is 0 Å². The molecule has 0 saturated heterocycles.